The summed E-state index contributed by atoms with van der Waals surface area (Å²) in [4.78, 5) is 4.19. The molecule has 0 aliphatic heterocycles. The predicted octanol–water partition coefficient (Wildman–Crippen LogP) is 1.94. The average Bonchev–Trinajstić information content (AvgIpc) is 1.89. The largest absolute Gasteiger partial charge is 0.209 e. The number of hydrogen-bond acceptors (Lipinski definition) is 4. The molecule has 0 bridgehead atoms. The SMILES string of the molecule is CCC(C)SOOOC. The van der Waals surface area contributed by atoms with Gasteiger partial charge < -0.3 is 0 Å². The fourth-order valence-corrected chi connectivity index (χ4v) is 0.537. The van der Waals surface area contributed by atoms with Gasteiger partial charge in [-0.05, 0) is 6.42 Å². The van der Waals surface area contributed by atoms with Crippen LogP contribution in [-0.2, 0) is 14.3 Å². The zero-order chi connectivity index (χ0) is 7.11. The molecule has 1 atom stereocenters. The maximum atomic E-state index is 4.53. The maximum Gasteiger partial charge on any atom is 0.0744 e. The molecule has 0 aliphatic carbocycles. The van der Waals surface area contributed by atoms with E-state index in [4.69, 9.17) is 0 Å². The normalized spacial score (nSPS) is 13.7. The lowest BCUT2D eigenvalue weighted by Gasteiger charge is -2.03. The lowest BCUT2D eigenvalue weighted by Crippen LogP contribution is -1.94. The van der Waals surface area contributed by atoms with Gasteiger partial charge in [-0.3, -0.25) is 0 Å². The van der Waals surface area contributed by atoms with E-state index in [-0.39, 0.29) is 0 Å². The lowest BCUT2D eigenvalue weighted by molar-refractivity contribution is -0.447. The highest BCUT2D eigenvalue weighted by molar-refractivity contribution is 7.95. The summed E-state index contributed by atoms with van der Waals surface area (Å²) in [5, 5.41) is 4.61. The van der Waals surface area contributed by atoms with E-state index in [2.05, 4.69) is 21.2 Å². The molecule has 56 valence electrons. The Hall–Kier alpha value is 0.230. The van der Waals surface area contributed by atoms with Crippen molar-refractivity contribution >= 4 is 12.0 Å². The third-order valence-electron chi connectivity index (χ3n) is 0.874. The summed E-state index contributed by atoms with van der Waals surface area (Å²) in [6.07, 6.45) is 1.05. The Bertz CT molecular complexity index is 60.2. The standard InChI is InChI=1S/C5H12O3S/c1-4-5(2)9-8-7-6-3/h5H,4H2,1-3H3. The van der Waals surface area contributed by atoms with Crippen LogP contribution in [0.1, 0.15) is 20.3 Å². The smallest absolute Gasteiger partial charge is 0.0744 e. The van der Waals surface area contributed by atoms with Crippen LogP contribution in [0.25, 0.3) is 0 Å². The first-order valence-electron chi connectivity index (χ1n) is 2.84. The van der Waals surface area contributed by atoms with Crippen LogP contribution in [0.15, 0.2) is 0 Å². The van der Waals surface area contributed by atoms with Crippen molar-refractivity contribution < 1.29 is 14.3 Å². The molecule has 9 heavy (non-hydrogen) atoms. The zero-order valence-electron chi connectivity index (χ0n) is 5.92. The van der Waals surface area contributed by atoms with Crippen LogP contribution in [-0.4, -0.2) is 12.4 Å². The second-order valence-corrected chi connectivity index (χ2v) is 2.75. The van der Waals surface area contributed by atoms with E-state index in [1.807, 2.05) is 6.92 Å². The van der Waals surface area contributed by atoms with Crippen molar-refractivity contribution in [3.8, 4) is 0 Å². The third kappa shape index (κ3) is 6.11. The Kier molecular flexibility index (Phi) is 6.51. The molecule has 4 heteroatoms. The van der Waals surface area contributed by atoms with E-state index in [9.17, 15) is 0 Å². The van der Waals surface area contributed by atoms with Crippen molar-refractivity contribution in [3.05, 3.63) is 0 Å². The minimum absolute atomic E-state index is 0.445. The van der Waals surface area contributed by atoms with Gasteiger partial charge in [0.15, 0.2) is 0 Å². The summed E-state index contributed by atoms with van der Waals surface area (Å²) in [6.45, 7) is 4.12. The summed E-state index contributed by atoms with van der Waals surface area (Å²) in [7, 11) is 1.40. The molecule has 0 spiro atoms. The molecule has 0 aromatic carbocycles. The van der Waals surface area contributed by atoms with E-state index in [0.717, 1.165) is 6.42 Å². The van der Waals surface area contributed by atoms with Crippen LogP contribution in [0.2, 0.25) is 0 Å². The Balaban J connectivity index is 2.88. The van der Waals surface area contributed by atoms with Gasteiger partial charge in [-0.2, -0.15) is 0 Å². The number of rotatable bonds is 5. The monoisotopic (exact) mass is 152 g/mol. The summed E-state index contributed by atoms with van der Waals surface area (Å²) >= 11 is 1.25. The highest BCUT2D eigenvalue weighted by Gasteiger charge is 1.99. The first-order valence-corrected chi connectivity index (χ1v) is 3.64. The van der Waals surface area contributed by atoms with Gasteiger partial charge >= 0.3 is 0 Å². The molecule has 0 heterocycles. The van der Waals surface area contributed by atoms with Gasteiger partial charge in [-0.25, -0.2) is 4.89 Å². The summed E-state index contributed by atoms with van der Waals surface area (Å²) < 4.78 is 4.53. The molecular weight excluding hydrogens is 140 g/mol. The van der Waals surface area contributed by atoms with Crippen molar-refractivity contribution in [1.82, 2.24) is 0 Å². The Morgan fingerprint density at radius 2 is 2.22 bits per heavy atom. The van der Waals surface area contributed by atoms with Crippen LogP contribution in [0.4, 0.5) is 0 Å². The van der Waals surface area contributed by atoms with Crippen LogP contribution in [0, 0.1) is 0 Å². The Labute approximate surface area is 59.7 Å². The Morgan fingerprint density at radius 1 is 1.56 bits per heavy atom. The van der Waals surface area contributed by atoms with Gasteiger partial charge in [0, 0.05) is 17.3 Å². The molecule has 0 saturated heterocycles. The summed E-state index contributed by atoms with van der Waals surface area (Å²) in [5.74, 6) is 0. The minimum atomic E-state index is 0.445. The van der Waals surface area contributed by atoms with Crippen molar-refractivity contribution in [3.63, 3.8) is 0 Å². The quantitative estimate of drug-likeness (QED) is 0.260. The number of hydrogen-bond donors (Lipinski definition) is 0. The second-order valence-electron chi connectivity index (χ2n) is 1.62. The highest BCUT2D eigenvalue weighted by atomic mass is 32.2. The van der Waals surface area contributed by atoms with E-state index < -0.39 is 0 Å². The van der Waals surface area contributed by atoms with Crippen LogP contribution < -0.4 is 0 Å². The van der Waals surface area contributed by atoms with Crippen LogP contribution in [0.3, 0.4) is 0 Å². The maximum absolute atomic E-state index is 4.53. The molecule has 0 aromatic rings. The lowest BCUT2D eigenvalue weighted by atomic mass is 10.4. The molecule has 0 rings (SSSR count). The van der Waals surface area contributed by atoms with Gasteiger partial charge in [0.1, 0.15) is 0 Å². The molecule has 3 nitrogen and oxygen atoms in total. The van der Waals surface area contributed by atoms with Gasteiger partial charge in [0.05, 0.1) is 7.11 Å². The summed E-state index contributed by atoms with van der Waals surface area (Å²) in [6, 6.07) is 0. The molecule has 0 saturated carbocycles. The van der Waals surface area contributed by atoms with Gasteiger partial charge in [0.2, 0.25) is 0 Å². The van der Waals surface area contributed by atoms with Gasteiger partial charge in [0.25, 0.3) is 0 Å². The highest BCUT2D eigenvalue weighted by Crippen LogP contribution is 2.14. The van der Waals surface area contributed by atoms with Crippen molar-refractivity contribution in [1.29, 1.82) is 0 Å². The molecule has 1 unspecified atom stereocenters. The average molecular weight is 152 g/mol. The molecule has 0 amide bonds. The van der Waals surface area contributed by atoms with Crippen LogP contribution in [0.5, 0.6) is 0 Å². The van der Waals surface area contributed by atoms with E-state index in [1.54, 1.807) is 0 Å². The third-order valence-corrected chi connectivity index (χ3v) is 1.67. The van der Waals surface area contributed by atoms with Crippen LogP contribution >= 0.6 is 12.0 Å². The van der Waals surface area contributed by atoms with E-state index in [0.29, 0.717) is 5.25 Å². The fourth-order valence-electron chi connectivity index (χ4n) is 0.179. The summed E-state index contributed by atoms with van der Waals surface area (Å²) in [5.41, 5.74) is 0. The predicted molar refractivity (Wildman–Crippen MR) is 36.5 cm³/mol. The molecule has 0 aliphatic rings. The Morgan fingerprint density at radius 3 is 2.67 bits per heavy atom. The zero-order valence-corrected chi connectivity index (χ0v) is 6.73. The molecule has 0 fully saturated rings. The van der Waals surface area contributed by atoms with Gasteiger partial charge in [-0.15, -0.1) is 4.33 Å². The molecule has 0 aromatic heterocycles. The van der Waals surface area contributed by atoms with E-state index in [1.165, 1.54) is 19.2 Å². The molecular formula is C5H12O3S. The molecule has 0 N–H and O–H groups in total. The first-order chi connectivity index (χ1) is 4.31. The second kappa shape index (κ2) is 6.35. The minimum Gasteiger partial charge on any atom is -0.209 e. The van der Waals surface area contributed by atoms with Crippen molar-refractivity contribution in [2.24, 2.45) is 0 Å². The van der Waals surface area contributed by atoms with Crippen molar-refractivity contribution in [2.75, 3.05) is 7.11 Å². The topological polar surface area (TPSA) is 27.7 Å². The first kappa shape index (κ1) is 9.23. The van der Waals surface area contributed by atoms with E-state index >= 15 is 0 Å². The fraction of sp³-hybridized carbons (Fsp3) is 1.00. The van der Waals surface area contributed by atoms with Gasteiger partial charge in [-0.1, -0.05) is 18.9 Å². The molecule has 0 radical (unpaired) electrons. The van der Waals surface area contributed by atoms with Crippen molar-refractivity contribution in [2.45, 2.75) is 25.5 Å².